The van der Waals surface area contributed by atoms with Gasteiger partial charge in [0.05, 0.1) is 0 Å². The number of aliphatic imine (C=N–C) groups is 1. The van der Waals surface area contributed by atoms with E-state index in [4.69, 9.17) is 4.74 Å². The third kappa shape index (κ3) is 7.73. The van der Waals surface area contributed by atoms with Crippen molar-refractivity contribution < 1.29 is 4.74 Å². The minimum atomic E-state index is 0.815. The van der Waals surface area contributed by atoms with Crippen LogP contribution in [-0.2, 0) is 4.74 Å². The molecule has 0 aliphatic heterocycles. The summed E-state index contributed by atoms with van der Waals surface area (Å²) >= 11 is 0. The number of rotatable bonds is 8. The second-order valence-electron chi connectivity index (χ2n) is 5.92. The van der Waals surface area contributed by atoms with Crippen molar-refractivity contribution in [1.29, 1.82) is 0 Å². The lowest BCUT2D eigenvalue weighted by molar-refractivity contribution is 0.143. The van der Waals surface area contributed by atoms with Gasteiger partial charge in [0.2, 0.25) is 0 Å². The molecule has 2 N–H and O–H groups in total. The van der Waals surface area contributed by atoms with Gasteiger partial charge in [-0.1, -0.05) is 19.8 Å². The first-order valence-corrected chi connectivity index (χ1v) is 8.28. The monoisotopic (exact) mass is 283 g/mol. The van der Waals surface area contributed by atoms with E-state index in [1.165, 1.54) is 25.7 Å². The second kappa shape index (κ2) is 11.0. The Morgan fingerprint density at radius 2 is 2.10 bits per heavy atom. The fraction of sp³-hybridized carbons (Fsp3) is 0.938. The topological polar surface area (TPSA) is 45.6 Å². The molecule has 0 spiro atoms. The molecule has 1 aliphatic rings. The molecule has 1 aliphatic carbocycles. The highest BCUT2D eigenvalue weighted by Crippen LogP contribution is 2.27. The molecule has 0 aromatic heterocycles. The highest BCUT2D eigenvalue weighted by molar-refractivity contribution is 5.79. The molecule has 0 amide bonds. The van der Waals surface area contributed by atoms with Crippen molar-refractivity contribution in [2.75, 3.05) is 33.4 Å². The predicted octanol–water partition coefficient (Wildman–Crippen LogP) is 2.79. The first-order valence-electron chi connectivity index (χ1n) is 8.28. The van der Waals surface area contributed by atoms with Crippen molar-refractivity contribution in [3.05, 3.63) is 0 Å². The van der Waals surface area contributed by atoms with Crippen LogP contribution in [0.5, 0.6) is 0 Å². The van der Waals surface area contributed by atoms with Crippen LogP contribution >= 0.6 is 0 Å². The molecule has 1 rings (SSSR count). The molecule has 1 fully saturated rings. The molecule has 0 heterocycles. The zero-order valence-corrected chi connectivity index (χ0v) is 13.6. The van der Waals surface area contributed by atoms with Gasteiger partial charge < -0.3 is 15.4 Å². The Morgan fingerprint density at radius 1 is 1.25 bits per heavy atom. The third-order valence-corrected chi connectivity index (χ3v) is 4.04. The van der Waals surface area contributed by atoms with Crippen molar-refractivity contribution in [2.45, 2.75) is 52.4 Å². The fourth-order valence-corrected chi connectivity index (χ4v) is 2.89. The van der Waals surface area contributed by atoms with Crippen molar-refractivity contribution >= 4 is 5.96 Å². The first kappa shape index (κ1) is 17.3. The lowest BCUT2D eigenvalue weighted by Gasteiger charge is -2.27. The van der Waals surface area contributed by atoms with Crippen LogP contribution in [-0.4, -0.2) is 39.3 Å². The zero-order chi connectivity index (χ0) is 14.6. The molecule has 1 saturated carbocycles. The van der Waals surface area contributed by atoms with Gasteiger partial charge in [-0.3, -0.25) is 4.99 Å². The molecule has 118 valence electrons. The van der Waals surface area contributed by atoms with Crippen molar-refractivity contribution in [1.82, 2.24) is 10.6 Å². The lowest BCUT2D eigenvalue weighted by Crippen LogP contribution is -2.40. The van der Waals surface area contributed by atoms with Crippen molar-refractivity contribution in [3.8, 4) is 0 Å². The van der Waals surface area contributed by atoms with E-state index in [-0.39, 0.29) is 0 Å². The van der Waals surface area contributed by atoms with Crippen LogP contribution in [0.3, 0.4) is 0 Å². The summed E-state index contributed by atoms with van der Waals surface area (Å²) in [6.45, 7) is 8.12. The first-order chi connectivity index (χ1) is 9.76. The van der Waals surface area contributed by atoms with E-state index >= 15 is 0 Å². The molecule has 20 heavy (non-hydrogen) atoms. The van der Waals surface area contributed by atoms with E-state index in [1.54, 1.807) is 0 Å². The predicted molar refractivity (Wildman–Crippen MR) is 86.2 cm³/mol. The Labute approximate surface area is 124 Å². The Balaban J connectivity index is 2.07. The van der Waals surface area contributed by atoms with Gasteiger partial charge in [-0.25, -0.2) is 0 Å². The van der Waals surface area contributed by atoms with Crippen LogP contribution in [0.4, 0.5) is 0 Å². The molecule has 4 heteroatoms. The molecular formula is C16H33N3O. The summed E-state index contributed by atoms with van der Waals surface area (Å²) in [4.78, 5) is 4.29. The molecule has 0 aromatic carbocycles. The molecule has 0 bridgehead atoms. The quantitative estimate of drug-likeness (QED) is 0.409. The van der Waals surface area contributed by atoms with Crippen LogP contribution in [0.2, 0.25) is 0 Å². The van der Waals surface area contributed by atoms with Crippen LogP contribution in [0.1, 0.15) is 52.4 Å². The highest BCUT2D eigenvalue weighted by Gasteiger charge is 2.18. The van der Waals surface area contributed by atoms with E-state index in [0.717, 1.165) is 56.9 Å². The normalized spacial score (nSPS) is 23.6. The summed E-state index contributed by atoms with van der Waals surface area (Å²) in [7, 11) is 1.85. The Kier molecular flexibility index (Phi) is 9.46. The van der Waals surface area contributed by atoms with Crippen molar-refractivity contribution in [2.24, 2.45) is 16.8 Å². The molecule has 0 radical (unpaired) electrons. The van der Waals surface area contributed by atoms with Gasteiger partial charge in [0.15, 0.2) is 5.96 Å². The summed E-state index contributed by atoms with van der Waals surface area (Å²) in [5.41, 5.74) is 0. The van der Waals surface area contributed by atoms with Gasteiger partial charge in [0.1, 0.15) is 0 Å². The Hall–Kier alpha value is -0.770. The standard InChI is InChI=1S/C16H33N3O/c1-4-20-11-6-5-10-18-16(17-3)19-13-15-9-7-8-14(2)12-15/h14-15H,4-13H2,1-3H3,(H2,17,18,19). The van der Waals surface area contributed by atoms with Crippen LogP contribution in [0.15, 0.2) is 4.99 Å². The molecule has 4 nitrogen and oxygen atoms in total. The number of ether oxygens (including phenoxy) is 1. The molecular weight excluding hydrogens is 250 g/mol. The Bertz CT molecular complexity index is 268. The number of hydrogen-bond donors (Lipinski definition) is 2. The van der Waals surface area contributed by atoms with Gasteiger partial charge >= 0.3 is 0 Å². The van der Waals surface area contributed by atoms with Crippen LogP contribution in [0.25, 0.3) is 0 Å². The largest absolute Gasteiger partial charge is 0.382 e. The molecule has 2 atom stereocenters. The number of nitrogens with zero attached hydrogens (tertiary/aromatic N) is 1. The maximum absolute atomic E-state index is 5.33. The smallest absolute Gasteiger partial charge is 0.190 e. The summed E-state index contributed by atoms with van der Waals surface area (Å²) in [5.74, 6) is 2.65. The molecule has 0 aromatic rings. The summed E-state index contributed by atoms with van der Waals surface area (Å²) in [6, 6.07) is 0. The van der Waals surface area contributed by atoms with Crippen LogP contribution < -0.4 is 10.6 Å². The SMILES string of the molecule is CCOCCCCNC(=NC)NCC1CCCC(C)C1. The number of guanidine groups is 1. The van der Waals surface area contributed by atoms with E-state index < -0.39 is 0 Å². The average molecular weight is 283 g/mol. The van der Waals surface area contributed by atoms with E-state index in [9.17, 15) is 0 Å². The maximum Gasteiger partial charge on any atom is 0.190 e. The van der Waals surface area contributed by atoms with Crippen molar-refractivity contribution in [3.63, 3.8) is 0 Å². The van der Waals surface area contributed by atoms with Gasteiger partial charge in [-0.05, 0) is 44.4 Å². The fourth-order valence-electron chi connectivity index (χ4n) is 2.89. The number of unbranched alkanes of at least 4 members (excludes halogenated alkanes) is 1. The van der Waals surface area contributed by atoms with Gasteiger partial charge in [0, 0.05) is 33.4 Å². The summed E-state index contributed by atoms with van der Waals surface area (Å²) in [5, 5.41) is 6.85. The third-order valence-electron chi connectivity index (χ3n) is 4.04. The van der Waals surface area contributed by atoms with E-state index in [1.807, 2.05) is 14.0 Å². The Morgan fingerprint density at radius 3 is 2.80 bits per heavy atom. The number of hydrogen-bond acceptors (Lipinski definition) is 2. The molecule has 0 saturated heterocycles. The average Bonchev–Trinajstić information content (AvgIpc) is 2.46. The van der Waals surface area contributed by atoms with Crippen LogP contribution in [0, 0.1) is 11.8 Å². The summed E-state index contributed by atoms with van der Waals surface area (Å²) < 4.78 is 5.33. The van der Waals surface area contributed by atoms with Gasteiger partial charge in [0.25, 0.3) is 0 Å². The number of nitrogens with one attached hydrogen (secondary N) is 2. The van der Waals surface area contributed by atoms with Gasteiger partial charge in [-0.15, -0.1) is 0 Å². The lowest BCUT2D eigenvalue weighted by atomic mass is 9.82. The minimum Gasteiger partial charge on any atom is -0.382 e. The second-order valence-corrected chi connectivity index (χ2v) is 5.92. The maximum atomic E-state index is 5.33. The minimum absolute atomic E-state index is 0.815. The zero-order valence-electron chi connectivity index (χ0n) is 13.6. The van der Waals surface area contributed by atoms with Gasteiger partial charge in [-0.2, -0.15) is 0 Å². The van der Waals surface area contributed by atoms with E-state index in [2.05, 4.69) is 22.5 Å². The molecule has 2 unspecified atom stereocenters. The highest BCUT2D eigenvalue weighted by atomic mass is 16.5. The summed E-state index contributed by atoms with van der Waals surface area (Å²) in [6.07, 6.45) is 7.75. The van der Waals surface area contributed by atoms with E-state index in [0.29, 0.717) is 0 Å².